The Morgan fingerprint density at radius 1 is 1.31 bits per heavy atom. The maximum atomic E-state index is 12.5. The minimum atomic E-state index is -4.33. The van der Waals surface area contributed by atoms with Gasteiger partial charge in [0.15, 0.2) is 0 Å². The number of hydrogen-bond acceptors (Lipinski definition) is 3. The van der Waals surface area contributed by atoms with Crippen LogP contribution < -0.4 is 16.6 Å². The predicted molar refractivity (Wildman–Crippen MR) is 53.1 cm³/mol. The van der Waals surface area contributed by atoms with Gasteiger partial charge in [0.1, 0.15) is 5.66 Å². The predicted octanol–water partition coefficient (Wildman–Crippen LogP) is 1.31. The lowest BCUT2D eigenvalue weighted by molar-refractivity contribution is -0.137. The first-order valence-corrected chi connectivity index (χ1v) is 4.88. The molecule has 0 amide bonds. The van der Waals surface area contributed by atoms with Crippen LogP contribution in [0.5, 0.6) is 0 Å². The van der Waals surface area contributed by atoms with E-state index in [1.165, 1.54) is 6.07 Å². The Balaban J connectivity index is 2.36. The normalized spacial score (nSPS) is 26.0. The van der Waals surface area contributed by atoms with Gasteiger partial charge in [0, 0.05) is 6.54 Å². The lowest BCUT2D eigenvalue weighted by Gasteiger charge is -2.24. The molecule has 0 aromatic heterocycles. The minimum absolute atomic E-state index is 0.437. The van der Waals surface area contributed by atoms with Crippen molar-refractivity contribution in [3.63, 3.8) is 0 Å². The van der Waals surface area contributed by atoms with Gasteiger partial charge in [-0.1, -0.05) is 12.1 Å². The van der Waals surface area contributed by atoms with E-state index >= 15 is 0 Å². The van der Waals surface area contributed by atoms with E-state index < -0.39 is 17.4 Å². The van der Waals surface area contributed by atoms with Gasteiger partial charge in [0.25, 0.3) is 0 Å². The number of rotatable bonds is 1. The van der Waals surface area contributed by atoms with E-state index in [1.54, 1.807) is 6.07 Å². The number of halogens is 3. The Morgan fingerprint density at radius 3 is 2.62 bits per heavy atom. The summed E-state index contributed by atoms with van der Waals surface area (Å²) >= 11 is 0. The van der Waals surface area contributed by atoms with Crippen molar-refractivity contribution in [3.8, 4) is 0 Å². The number of alkyl halides is 3. The summed E-state index contributed by atoms with van der Waals surface area (Å²) < 4.78 is 37.5. The standard InChI is InChI=1S/C10H12F3N3/c11-10(12,13)8-3-1-2-7(6-8)9(14)4-5-15-16-9/h1-3,6,15-16H,4-5,14H2. The van der Waals surface area contributed by atoms with Crippen molar-refractivity contribution in [1.29, 1.82) is 0 Å². The fourth-order valence-corrected chi connectivity index (χ4v) is 1.73. The van der Waals surface area contributed by atoms with Crippen molar-refractivity contribution in [2.24, 2.45) is 5.73 Å². The second kappa shape index (κ2) is 3.73. The van der Waals surface area contributed by atoms with Crippen LogP contribution in [0.15, 0.2) is 24.3 Å². The summed E-state index contributed by atoms with van der Waals surface area (Å²) in [6, 6.07) is 5.08. The lowest BCUT2D eigenvalue weighted by atomic mass is 9.97. The zero-order chi connectivity index (χ0) is 11.8. The molecule has 0 spiro atoms. The SMILES string of the molecule is NC1(c2cccc(C(F)(F)F)c2)CCNN1. The molecule has 88 valence electrons. The van der Waals surface area contributed by atoms with E-state index in [0.29, 0.717) is 18.5 Å². The van der Waals surface area contributed by atoms with Gasteiger partial charge in [0.2, 0.25) is 0 Å². The maximum absolute atomic E-state index is 12.5. The molecule has 1 aromatic carbocycles. The van der Waals surface area contributed by atoms with Crippen molar-refractivity contribution < 1.29 is 13.2 Å². The van der Waals surface area contributed by atoms with Gasteiger partial charge in [0.05, 0.1) is 5.56 Å². The highest BCUT2D eigenvalue weighted by molar-refractivity contribution is 5.31. The highest BCUT2D eigenvalue weighted by atomic mass is 19.4. The van der Waals surface area contributed by atoms with Crippen LogP contribution in [0.25, 0.3) is 0 Å². The van der Waals surface area contributed by atoms with E-state index in [9.17, 15) is 13.2 Å². The highest BCUT2D eigenvalue weighted by Crippen LogP contribution is 2.32. The average Bonchev–Trinajstić information content (AvgIpc) is 2.66. The molecular formula is C10H12F3N3. The van der Waals surface area contributed by atoms with Gasteiger partial charge in [-0.25, -0.2) is 5.43 Å². The number of hydrogen-bond donors (Lipinski definition) is 3. The summed E-state index contributed by atoms with van der Waals surface area (Å²) in [5, 5.41) is 0. The molecule has 1 aliphatic rings. The fraction of sp³-hybridized carbons (Fsp3) is 0.400. The summed E-state index contributed by atoms with van der Waals surface area (Å²) in [4.78, 5) is 0. The molecule has 0 bridgehead atoms. The molecular weight excluding hydrogens is 219 g/mol. The number of nitrogens with one attached hydrogen (secondary N) is 2. The Kier molecular flexibility index (Phi) is 2.65. The first-order valence-electron chi connectivity index (χ1n) is 4.88. The van der Waals surface area contributed by atoms with Crippen LogP contribution in [-0.4, -0.2) is 6.54 Å². The minimum Gasteiger partial charge on any atom is -0.308 e. The largest absolute Gasteiger partial charge is 0.416 e. The molecule has 2 rings (SSSR count). The van der Waals surface area contributed by atoms with Crippen LogP contribution in [0, 0.1) is 0 Å². The van der Waals surface area contributed by atoms with Crippen LogP contribution in [0.1, 0.15) is 17.5 Å². The van der Waals surface area contributed by atoms with E-state index in [2.05, 4.69) is 10.9 Å². The Labute approximate surface area is 90.8 Å². The molecule has 1 fully saturated rings. The van der Waals surface area contributed by atoms with Crippen molar-refractivity contribution in [2.75, 3.05) is 6.54 Å². The van der Waals surface area contributed by atoms with E-state index in [1.807, 2.05) is 0 Å². The Morgan fingerprint density at radius 2 is 2.06 bits per heavy atom. The third-order valence-corrected chi connectivity index (χ3v) is 2.66. The molecule has 0 saturated carbocycles. The van der Waals surface area contributed by atoms with E-state index in [4.69, 9.17) is 5.73 Å². The average molecular weight is 231 g/mol. The van der Waals surface area contributed by atoms with E-state index in [-0.39, 0.29) is 0 Å². The summed E-state index contributed by atoms with van der Waals surface area (Å²) in [5.41, 5.74) is 10.4. The summed E-state index contributed by atoms with van der Waals surface area (Å²) in [6.07, 6.45) is -3.79. The summed E-state index contributed by atoms with van der Waals surface area (Å²) in [6.45, 7) is 0.632. The molecule has 3 nitrogen and oxygen atoms in total. The van der Waals surface area contributed by atoms with Crippen molar-refractivity contribution in [1.82, 2.24) is 10.9 Å². The molecule has 4 N–H and O–H groups in total. The van der Waals surface area contributed by atoms with Crippen LogP contribution in [0.2, 0.25) is 0 Å². The zero-order valence-electron chi connectivity index (χ0n) is 8.43. The number of nitrogens with two attached hydrogens (primary N) is 1. The molecule has 0 aliphatic carbocycles. The van der Waals surface area contributed by atoms with Crippen LogP contribution >= 0.6 is 0 Å². The van der Waals surface area contributed by atoms with Crippen LogP contribution in [-0.2, 0) is 11.8 Å². The smallest absolute Gasteiger partial charge is 0.308 e. The van der Waals surface area contributed by atoms with Gasteiger partial charge in [-0.15, -0.1) is 0 Å². The molecule has 1 unspecified atom stereocenters. The van der Waals surface area contributed by atoms with Crippen molar-refractivity contribution in [3.05, 3.63) is 35.4 Å². The molecule has 1 atom stereocenters. The first-order chi connectivity index (χ1) is 7.42. The Hall–Kier alpha value is -1.11. The van der Waals surface area contributed by atoms with Gasteiger partial charge in [-0.05, 0) is 24.1 Å². The second-order valence-corrected chi connectivity index (χ2v) is 3.85. The summed E-state index contributed by atoms with van der Waals surface area (Å²) in [7, 11) is 0. The third-order valence-electron chi connectivity index (χ3n) is 2.66. The van der Waals surface area contributed by atoms with E-state index in [0.717, 1.165) is 12.1 Å². The molecule has 1 saturated heterocycles. The summed E-state index contributed by atoms with van der Waals surface area (Å²) in [5.74, 6) is 0. The van der Waals surface area contributed by atoms with Gasteiger partial charge >= 0.3 is 6.18 Å². The van der Waals surface area contributed by atoms with Gasteiger partial charge in [-0.3, -0.25) is 5.43 Å². The highest BCUT2D eigenvalue weighted by Gasteiger charge is 2.35. The molecule has 0 radical (unpaired) electrons. The van der Waals surface area contributed by atoms with Gasteiger partial charge in [-0.2, -0.15) is 13.2 Å². The molecule has 1 aliphatic heterocycles. The molecule has 6 heteroatoms. The topological polar surface area (TPSA) is 50.1 Å². The first kappa shape index (κ1) is 11.4. The molecule has 16 heavy (non-hydrogen) atoms. The van der Waals surface area contributed by atoms with Crippen molar-refractivity contribution in [2.45, 2.75) is 18.3 Å². The monoisotopic (exact) mass is 231 g/mol. The zero-order valence-corrected chi connectivity index (χ0v) is 8.43. The second-order valence-electron chi connectivity index (χ2n) is 3.85. The maximum Gasteiger partial charge on any atom is 0.416 e. The Bertz CT molecular complexity index is 383. The molecule has 1 aromatic rings. The lowest BCUT2D eigenvalue weighted by Crippen LogP contribution is -2.48. The quantitative estimate of drug-likeness (QED) is 0.683. The van der Waals surface area contributed by atoms with Crippen LogP contribution in [0.3, 0.4) is 0 Å². The van der Waals surface area contributed by atoms with Crippen molar-refractivity contribution >= 4 is 0 Å². The fourth-order valence-electron chi connectivity index (χ4n) is 1.73. The third kappa shape index (κ3) is 2.04. The number of benzene rings is 1. The number of hydrazine groups is 1. The van der Waals surface area contributed by atoms with Gasteiger partial charge < -0.3 is 5.73 Å². The molecule has 1 heterocycles. The van der Waals surface area contributed by atoms with Crippen LogP contribution in [0.4, 0.5) is 13.2 Å².